The van der Waals surface area contributed by atoms with Crippen LogP contribution in [0, 0.1) is 0 Å². The fraction of sp³-hybridized carbons (Fsp3) is 0. The molecule has 0 aliphatic rings. The summed E-state index contributed by atoms with van der Waals surface area (Å²) in [5.74, 6) is 0. The van der Waals surface area contributed by atoms with E-state index in [1.165, 1.54) is 5.39 Å². The van der Waals surface area contributed by atoms with Crippen LogP contribution in [0.3, 0.4) is 0 Å². The van der Waals surface area contributed by atoms with Crippen LogP contribution >= 0.6 is 0 Å². The second-order valence-corrected chi connectivity index (χ2v) is 3.42. The number of rotatable bonds is 0. The minimum Gasteiger partial charge on any atom is -0.759 e. The van der Waals surface area contributed by atoms with Crippen molar-refractivity contribution in [2.45, 2.75) is 0 Å². The van der Waals surface area contributed by atoms with Crippen molar-refractivity contribution in [3.63, 3.8) is 0 Å². The monoisotopic (exact) mass is 288 g/mol. The van der Waals surface area contributed by atoms with Crippen molar-refractivity contribution >= 4 is 21.3 Å². The van der Waals surface area contributed by atoms with E-state index in [9.17, 15) is 0 Å². The number of hydrogen-bond acceptors (Lipinski definition) is 5. The van der Waals surface area contributed by atoms with E-state index in [-0.39, 0.29) is 17.1 Å². The van der Waals surface area contributed by atoms with Gasteiger partial charge in [-0.05, 0) is 12.1 Å². The Kier molecular flexibility index (Phi) is 6.17. The minimum absolute atomic E-state index is 0. The molecule has 2 rings (SSSR count). The Bertz CT molecular complexity index is 470. The zero-order valence-corrected chi connectivity index (χ0v) is 9.59. The first-order valence-electron chi connectivity index (χ1n) is 3.93. The summed E-state index contributed by atoms with van der Waals surface area (Å²) in [6, 6.07) is 12.1. The molecule has 0 atom stereocenters. The smallest absolute Gasteiger partial charge is 0.759 e. The number of para-hydroxylation sites is 1. The SMILES string of the molecule is O=S(=O)([O-])[O-].[Cu+2].c1ccc2ncccc2c1. The Labute approximate surface area is 104 Å². The van der Waals surface area contributed by atoms with Crippen LogP contribution in [0.5, 0.6) is 0 Å². The molecule has 0 aliphatic heterocycles. The van der Waals surface area contributed by atoms with Gasteiger partial charge in [-0.15, -0.1) is 0 Å². The zero-order chi connectivity index (χ0) is 11.3. The van der Waals surface area contributed by atoms with E-state index in [2.05, 4.69) is 17.1 Å². The van der Waals surface area contributed by atoms with Gasteiger partial charge in [0.15, 0.2) is 0 Å². The Morgan fingerprint density at radius 3 is 2.06 bits per heavy atom. The molecule has 0 unspecified atom stereocenters. The van der Waals surface area contributed by atoms with Crippen molar-refractivity contribution in [3.8, 4) is 0 Å². The summed E-state index contributed by atoms with van der Waals surface area (Å²) in [6.07, 6.45) is 1.81. The molecule has 5 nitrogen and oxygen atoms in total. The fourth-order valence-electron chi connectivity index (χ4n) is 1.02. The number of pyridine rings is 1. The number of nitrogens with zero attached hydrogens (tertiary/aromatic N) is 1. The van der Waals surface area contributed by atoms with Crippen LogP contribution in [0.25, 0.3) is 10.9 Å². The van der Waals surface area contributed by atoms with Crippen molar-refractivity contribution in [2.75, 3.05) is 0 Å². The molecular formula is C9H7CuNO4S. The maximum atomic E-state index is 8.52. The molecule has 1 aromatic heterocycles. The Balaban J connectivity index is 0.000000330. The van der Waals surface area contributed by atoms with Gasteiger partial charge in [-0.1, -0.05) is 24.3 Å². The molecule has 0 aliphatic carbocycles. The van der Waals surface area contributed by atoms with Crippen LogP contribution in [0.1, 0.15) is 0 Å². The summed E-state index contributed by atoms with van der Waals surface area (Å²) < 4.78 is 34.1. The van der Waals surface area contributed by atoms with E-state index in [1.54, 1.807) is 0 Å². The fourth-order valence-corrected chi connectivity index (χ4v) is 1.02. The van der Waals surface area contributed by atoms with E-state index in [1.807, 2.05) is 30.5 Å². The van der Waals surface area contributed by atoms with Gasteiger partial charge >= 0.3 is 17.1 Å². The van der Waals surface area contributed by atoms with Crippen molar-refractivity contribution in [2.24, 2.45) is 0 Å². The molecule has 2 aromatic rings. The molecule has 0 N–H and O–H groups in total. The second kappa shape index (κ2) is 6.57. The molecule has 0 bridgehead atoms. The molecular weight excluding hydrogens is 282 g/mol. The molecule has 0 spiro atoms. The molecule has 0 amide bonds. The number of hydrogen-bond donors (Lipinski definition) is 0. The van der Waals surface area contributed by atoms with Gasteiger partial charge in [0.1, 0.15) is 0 Å². The molecule has 0 saturated heterocycles. The number of fused-ring (bicyclic) bond motifs is 1. The third kappa shape index (κ3) is 6.49. The Hall–Kier alpha value is -0.981. The number of aromatic nitrogens is 1. The summed E-state index contributed by atoms with van der Waals surface area (Å²) in [4.78, 5) is 4.18. The Morgan fingerprint density at radius 2 is 1.50 bits per heavy atom. The van der Waals surface area contributed by atoms with Gasteiger partial charge in [0.2, 0.25) is 0 Å². The van der Waals surface area contributed by atoms with E-state index in [0.29, 0.717) is 0 Å². The summed E-state index contributed by atoms with van der Waals surface area (Å²) in [6.45, 7) is 0. The summed E-state index contributed by atoms with van der Waals surface area (Å²) in [5.41, 5.74) is 1.06. The van der Waals surface area contributed by atoms with Crippen LogP contribution in [0.15, 0.2) is 42.6 Å². The van der Waals surface area contributed by atoms with E-state index < -0.39 is 10.4 Å². The van der Waals surface area contributed by atoms with E-state index in [4.69, 9.17) is 17.5 Å². The molecule has 16 heavy (non-hydrogen) atoms. The first kappa shape index (κ1) is 15.0. The second-order valence-electron chi connectivity index (χ2n) is 2.60. The van der Waals surface area contributed by atoms with Crippen molar-refractivity contribution in [1.82, 2.24) is 4.98 Å². The standard InChI is InChI=1S/C9H7N.Cu.H2O4S/c1-2-6-9-8(4-1)5-3-7-10-9;;1-5(2,3)4/h1-7H;;(H2,1,2,3,4)/q;+2;/p-2. The molecule has 0 fully saturated rings. The predicted octanol–water partition coefficient (Wildman–Crippen LogP) is 0.894. The largest absolute Gasteiger partial charge is 2.00 e. The quantitative estimate of drug-likeness (QED) is 0.408. The molecule has 1 radical (unpaired) electrons. The van der Waals surface area contributed by atoms with Gasteiger partial charge in [0, 0.05) is 22.0 Å². The first-order chi connectivity index (χ1) is 6.97. The van der Waals surface area contributed by atoms with E-state index in [0.717, 1.165) is 5.52 Å². The van der Waals surface area contributed by atoms with Crippen LogP contribution in [0.2, 0.25) is 0 Å². The van der Waals surface area contributed by atoms with Gasteiger partial charge in [0.05, 0.1) is 5.52 Å². The third-order valence-electron chi connectivity index (χ3n) is 1.51. The molecule has 1 heterocycles. The van der Waals surface area contributed by atoms with Gasteiger partial charge in [-0.3, -0.25) is 13.4 Å². The maximum absolute atomic E-state index is 8.52. The third-order valence-corrected chi connectivity index (χ3v) is 1.51. The molecule has 7 heteroatoms. The maximum Gasteiger partial charge on any atom is 2.00 e. The van der Waals surface area contributed by atoms with Crippen LogP contribution < -0.4 is 0 Å². The normalized spacial score (nSPS) is 9.88. The van der Waals surface area contributed by atoms with Gasteiger partial charge < -0.3 is 9.11 Å². The van der Waals surface area contributed by atoms with Crippen LogP contribution in [-0.4, -0.2) is 22.5 Å². The predicted molar refractivity (Wildman–Crippen MR) is 52.2 cm³/mol. The average Bonchev–Trinajstić information content (AvgIpc) is 2.16. The van der Waals surface area contributed by atoms with Crippen molar-refractivity contribution in [1.29, 1.82) is 0 Å². The summed E-state index contributed by atoms with van der Waals surface area (Å²) in [5, 5.41) is 1.20. The molecule has 1 aromatic carbocycles. The topological polar surface area (TPSA) is 93.2 Å². The zero-order valence-electron chi connectivity index (χ0n) is 7.83. The first-order valence-corrected chi connectivity index (χ1v) is 5.26. The molecule has 0 saturated carbocycles. The van der Waals surface area contributed by atoms with Crippen LogP contribution in [0.4, 0.5) is 0 Å². The van der Waals surface area contributed by atoms with Gasteiger partial charge in [-0.25, -0.2) is 0 Å². The average molecular weight is 289 g/mol. The minimum atomic E-state index is -5.17. The molecule has 89 valence electrons. The Morgan fingerprint density at radius 1 is 1.00 bits per heavy atom. The van der Waals surface area contributed by atoms with Crippen LogP contribution in [-0.2, 0) is 27.5 Å². The summed E-state index contributed by atoms with van der Waals surface area (Å²) in [7, 11) is -5.17. The van der Waals surface area contributed by atoms with E-state index >= 15 is 0 Å². The summed E-state index contributed by atoms with van der Waals surface area (Å²) >= 11 is 0. The van der Waals surface area contributed by atoms with Gasteiger partial charge in [0.25, 0.3) is 0 Å². The van der Waals surface area contributed by atoms with Crippen molar-refractivity contribution < 1.29 is 34.6 Å². The van der Waals surface area contributed by atoms with Crippen molar-refractivity contribution in [3.05, 3.63) is 42.6 Å². The van der Waals surface area contributed by atoms with Gasteiger partial charge in [-0.2, -0.15) is 0 Å². The number of benzene rings is 1.